The first-order chi connectivity index (χ1) is 11.5. The Morgan fingerprint density at radius 2 is 2.17 bits per heavy atom. The van der Waals surface area contributed by atoms with E-state index in [9.17, 15) is 4.79 Å². The van der Waals surface area contributed by atoms with Gasteiger partial charge in [-0.25, -0.2) is 0 Å². The predicted octanol–water partition coefficient (Wildman–Crippen LogP) is 2.98. The quantitative estimate of drug-likeness (QED) is 0.415. The second-order valence-corrected chi connectivity index (χ2v) is 5.88. The van der Waals surface area contributed by atoms with Gasteiger partial charge in [0.2, 0.25) is 0 Å². The van der Waals surface area contributed by atoms with Gasteiger partial charge in [-0.15, -0.1) is 0 Å². The second kappa shape index (κ2) is 8.61. The molecule has 1 atom stereocenters. The molecule has 0 aliphatic carbocycles. The van der Waals surface area contributed by atoms with Gasteiger partial charge < -0.3 is 20.8 Å². The molecule has 0 saturated heterocycles. The highest BCUT2D eigenvalue weighted by atomic mass is 35.5. The number of nitrogens with two attached hydrogens (primary N) is 1. The van der Waals surface area contributed by atoms with E-state index in [1.165, 1.54) is 6.26 Å². The average Bonchev–Trinajstić information content (AvgIpc) is 3.05. The summed E-state index contributed by atoms with van der Waals surface area (Å²) in [5, 5.41) is 6.85. The second-order valence-electron chi connectivity index (χ2n) is 5.03. The van der Waals surface area contributed by atoms with Gasteiger partial charge in [-0.1, -0.05) is 29.3 Å². The van der Waals surface area contributed by atoms with Crippen LogP contribution >= 0.6 is 23.2 Å². The van der Waals surface area contributed by atoms with E-state index in [1.54, 1.807) is 24.3 Å². The average molecular weight is 369 g/mol. The molecule has 0 saturated carbocycles. The van der Waals surface area contributed by atoms with Gasteiger partial charge in [0.05, 0.1) is 18.8 Å². The molecule has 0 aliphatic heterocycles. The third kappa shape index (κ3) is 5.18. The number of amides is 1. The number of hydrogen-bond acceptors (Lipinski definition) is 3. The number of aliphatic imine (C=N–C) groups is 1. The van der Waals surface area contributed by atoms with Crippen molar-refractivity contribution in [2.24, 2.45) is 10.7 Å². The molecule has 0 bridgehead atoms. The molecule has 4 N–H and O–H groups in total. The number of halogens is 2. The monoisotopic (exact) mass is 368 g/mol. The van der Waals surface area contributed by atoms with Gasteiger partial charge in [0.15, 0.2) is 11.7 Å². The fraction of sp³-hybridized carbons (Fsp3) is 0.250. The minimum absolute atomic E-state index is 0.128. The van der Waals surface area contributed by atoms with Crippen molar-refractivity contribution in [2.45, 2.75) is 13.0 Å². The molecule has 2 rings (SSSR count). The Morgan fingerprint density at radius 1 is 1.38 bits per heavy atom. The van der Waals surface area contributed by atoms with E-state index in [2.05, 4.69) is 15.6 Å². The first kappa shape index (κ1) is 18.2. The van der Waals surface area contributed by atoms with Crippen LogP contribution in [0.4, 0.5) is 0 Å². The van der Waals surface area contributed by atoms with Crippen LogP contribution in [0.5, 0.6) is 0 Å². The van der Waals surface area contributed by atoms with E-state index in [-0.39, 0.29) is 23.7 Å². The molecular formula is C16H18Cl2N4O2. The molecule has 1 unspecified atom stereocenters. The summed E-state index contributed by atoms with van der Waals surface area (Å²) in [6.45, 7) is 2.60. The predicted molar refractivity (Wildman–Crippen MR) is 95.5 cm³/mol. The molecule has 1 aromatic heterocycles. The summed E-state index contributed by atoms with van der Waals surface area (Å²) < 4.78 is 4.99. The van der Waals surface area contributed by atoms with Gasteiger partial charge in [-0.05, 0) is 36.8 Å². The Hall–Kier alpha value is -2.18. The van der Waals surface area contributed by atoms with Gasteiger partial charge in [0.1, 0.15) is 0 Å². The molecule has 1 amide bonds. The smallest absolute Gasteiger partial charge is 0.287 e. The Bertz CT molecular complexity index is 717. The number of carbonyl (C=O) groups excluding carboxylic acids is 1. The lowest BCUT2D eigenvalue weighted by Crippen LogP contribution is -2.35. The summed E-state index contributed by atoms with van der Waals surface area (Å²) in [7, 11) is 0. The van der Waals surface area contributed by atoms with Crippen LogP contribution in [0.25, 0.3) is 0 Å². The van der Waals surface area contributed by atoms with Crippen molar-refractivity contribution >= 4 is 35.1 Å². The number of nitrogens with zero attached hydrogens (tertiary/aromatic N) is 1. The third-order valence-electron chi connectivity index (χ3n) is 3.22. The molecule has 6 nitrogen and oxygen atoms in total. The lowest BCUT2D eigenvalue weighted by Gasteiger charge is -2.16. The summed E-state index contributed by atoms with van der Waals surface area (Å²) in [5.74, 6) is 0.236. The van der Waals surface area contributed by atoms with Crippen LogP contribution in [-0.2, 0) is 0 Å². The van der Waals surface area contributed by atoms with Gasteiger partial charge in [-0.3, -0.25) is 9.79 Å². The minimum atomic E-state index is -0.289. The first-order valence-electron chi connectivity index (χ1n) is 7.30. The van der Waals surface area contributed by atoms with E-state index in [0.717, 1.165) is 5.56 Å². The maximum atomic E-state index is 11.7. The van der Waals surface area contributed by atoms with Crippen LogP contribution in [0, 0.1) is 0 Å². The standard InChI is InChI=1S/C16H18Cl2N4O2/c1-10(12-5-4-11(17)9-13(12)18)22-16(19)21-7-6-20-15(23)14-3-2-8-24-14/h2-5,8-10H,6-7H2,1H3,(H,20,23)(H3,19,21,22). The van der Waals surface area contributed by atoms with Crippen LogP contribution in [0.2, 0.25) is 10.0 Å². The Kier molecular flexibility index (Phi) is 6.52. The van der Waals surface area contributed by atoms with E-state index in [0.29, 0.717) is 23.1 Å². The molecule has 0 fully saturated rings. The molecule has 0 aliphatic rings. The van der Waals surface area contributed by atoms with Crippen LogP contribution in [0.3, 0.4) is 0 Å². The van der Waals surface area contributed by atoms with Crippen molar-refractivity contribution in [3.05, 3.63) is 58.0 Å². The number of nitrogens with one attached hydrogen (secondary N) is 2. The Morgan fingerprint density at radius 3 is 2.83 bits per heavy atom. The fourth-order valence-electron chi connectivity index (χ4n) is 2.04. The zero-order valence-electron chi connectivity index (χ0n) is 13.1. The number of hydrogen-bond donors (Lipinski definition) is 3. The Balaban J connectivity index is 1.80. The van der Waals surface area contributed by atoms with Gasteiger partial charge in [-0.2, -0.15) is 0 Å². The minimum Gasteiger partial charge on any atom is -0.459 e. The molecule has 1 aromatic carbocycles. The summed E-state index contributed by atoms with van der Waals surface area (Å²) in [4.78, 5) is 15.8. The number of guanidine groups is 1. The largest absolute Gasteiger partial charge is 0.459 e. The van der Waals surface area contributed by atoms with E-state index < -0.39 is 0 Å². The summed E-state index contributed by atoms with van der Waals surface area (Å²) in [6, 6.07) is 8.38. The maximum absolute atomic E-state index is 11.7. The highest BCUT2D eigenvalue weighted by Crippen LogP contribution is 2.25. The van der Waals surface area contributed by atoms with E-state index in [4.69, 9.17) is 33.4 Å². The molecule has 2 aromatic rings. The highest BCUT2D eigenvalue weighted by molar-refractivity contribution is 6.35. The molecule has 0 radical (unpaired) electrons. The van der Waals surface area contributed by atoms with E-state index >= 15 is 0 Å². The van der Waals surface area contributed by atoms with Crippen molar-refractivity contribution in [3.8, 4) is 0 Å². The fourth-order valence-corrected chi connectivity index (χ4v) is 2.61. The zero-order chi connectivity index (χ0) is 17.5. The highest BCUT2D eigenvalue weighted by Gasteiger charge is 2.11. The molecule has 24 heavy (non-hydrogen) atoms. The van der Waals surface area contributed by atoms with Crippen molar-refractivity contribution in [1.29, 1.82) is 0 Å². The lowest BCUT2D eigenvalue weighted by molar-refractivity contribution is 0.0927. The first-order valence-corrected chi connectivity index (χ1v) is 8.06. The summed E-state index contributed by atoms with van der Waals surface area (Å²) in [5.41, 5.74) is 6.71. The van der Waals surface area contributed by atoms with Gasteiger partial charge >= 0.3 is 0 Å². The topological polar surface area (TPSA) is 92.6 Å². The van der Waals surface area contributed by atoms with Crippen molar-refractivity contribution < 1.29 is 9.21 Å². The summed E-state index contributed by atoms with van der Waals surface area (Å²) >= 11 is 12.0. The van der Waals surface area contributed by atoms with Crippen molar-refractivity contribution in [3.63, 3.8) is 0 Å². The molecule has 1 heterocycles. The van der Waals surface area contributed by atoms with E-state index in [1.807, 2.05) is 13.0 Å². The van der Waals surface area contributed by atoms with Crippen molar-refractivity contribution in [1.82, 2.24) is 10.6 Å². The number of rotatable bonds is 6. The molecule has 0 spiro atoms. The zero-order valence-corrected chi connectivity index (χ0v) is 14.6. The molecule has 128 valence electrons. The molecular weight excluding hydrogens is 351 g/mol. The normalized spacial score (nSPS) is 12.7. The van der Waals surface area contributed by atoms with Gasteiger partial charge in [0, 0.05) is 16.6 Å². The van der Waals surface area contributed by atoms with Crippen LogP contribution in [-0.4, -0.2) is 25.0 Å². The van der Waals surface area contributed by atoms with Crippen LogP contribution in [0.1, 0.15) is 29.1 Å². The third-order valence-corrected chi connectivity index (χ3v) is 3.78. The number of furan rings is 1. The number of benzene rings is 1. The SMILES string of the molecule is CC(NC(N)=NCCNC(=O)c1ccco1)c1ccc(Cl)cc1Cl. The summed E-state index contributed by atoms with van der Waals surface area (Å²) in [6.07, 6.45) is 1.44. The van der Waals surface area contributed by atoms with Crippen LogP contribution in [0.15, 0.2) is 46.0 Å². The van der Waals surface area contributed by atoms with Crippen LogP contribution < -0.4 is 16.4 Å². The lowest BCUT2D eigenvalue weighted by atomic mass is 10.1. The van der Waals surface area contributed by atoms with Crippen molar-refractivity contribution in [2.75, 3.05) is 13.1 Å². The maximum Gasteiger partial charge on any atom is 0.287 e. The molecule has 8 heteroatoms. The number of carbonyl (C=O) groups is 1. The van der Waals surface area contributed by atoms with Gasteiger partial charge in [0.25, 0.3) is 5.91 Å². The Labute approximate surface area is 150 Å².